The largest absolute Gasteiger partial charge is 0.494 e. The summed E-state index contributed by atoms with van der Waals surface area (Å²) < 4.78 is 17.5. The average molecular weight is 817 g/mol. The minimum absolute atomic E-state index is 0. The Kier molecular flexibility index (Phi) is 25.4. The molecule has 3 unspecified atom stereocenters. The number of nitrogens with one attached hydrogen (secondary N) is 3. The molecule has 0 aliphatic carbocycles. The van der Waals surface area contributed by atoms with Gasteiger partial charge in [0.05, 0.1) is 19.8 Å². The van der Waals surface area contributed by atoms with E-state index in [0.717, 1.165) is 68.7 Å². The smallest absolute Gasteiger partial charge is 0.119 e. The Balaban J connectivity index is 0.00000468. The Labute approximate surface area is 342 Å². The molecule has 3 aromatic rings. The lowest BCUT2D eigenvalue weighted by Gasteiger charge is -2.31. The van der Waals surface area contributed by atoms with Crippen molar-refractivity contribution >= 4 is 37.2 Å². The molecule has 0 saturated heterocycles. The number of hydrogen-bond acceptors (Lipinski definition) is 6. The Bertz CT molecular complexity index is 1410. The van der Waals surface area contributed by atoms with Gasteiger partial charge in [-0.25, -0.2) is 0 Å². The standard InChI is InChI=1S/C42H59N3O3.3ClH.3H2O/c1-4-46-34-13-16-37-31(27-34)21-24-43-40(37)10-8-7-9-30(11-19-41-38-17-14-35(47-5-2)28-32(38)22-25-44-41)12-20-42-39-18-15-36(48-6-3)29-33(39)23-26-45-42;;;;;;/h13-18,27-30,40-45H,4-12,19-26H2,1-3H3;3*1H;3*1H2. The Morgan fingerprint density at radius 2 is 0.852 bits per heavy atom. The van der Waals surface area contributed by atoms with Crippen molar-refractivity contribution in [3.8, 4) is 17.2 Å². The minimum atomic E-state index is 0. The minimum Gasteiger partial charge on any atom is -0.494 e. The molecule has 9 N–H and O–H groups in total. The average Bonchev–Trinajstić information content (AvgIpc) is 3.11. The van der Waals surface area contributed by atoms with Crippen molar-refractivity contribution in [2.24, 2.45) is 5.92 Å². The molecule has 3 aliphatic heterocycles. The van der Waals surface area contributed by atoms with Crippen LogP contribution in [0, 0.1) is 5.92 Å². The fraction of sp³-hybridized carbons (Fsp3) is 0.571. The molecule has 9 nitrogen and oxygen atoms in total. The van der Waals surface area contributed by atoms with Gasteiger partial charge in [0.15, 0.2) is 0 Å². The van der Waals surface area contributed by atoms with Crippen LogP contribution in [0.5, 0.6) is 17.2 Å². The maximum Gasteiger partial charge on any atom is 0.119 e. The second-order valence-corrected chi connectivity index (χ2v) is 14.0. The molecule has 0 spiro atoms. The van der Waals surface area contributed by atoms with Gasteiger partial charge in [0.1, 0.15) is 17.2 Å². The lowest BCUT2D eigenvalue weighted by Crippen LogP contribution is -2.31. The quantitative estimate of drug-likeness (QED) is 0.121. The van der Waals surface area contributed by atoms with E-state index in [9.17, 15) is 0 Å². The first-order valence-electron chi connectivity index (χ1n) is 19.1. The molecule has 0 bridgehead atoms. The molecule has 3 aliphatic rings. The zero-order valence-corrected chi connectivity index (χ0v) is 34.9. The molecule has 6 rings (SSSR count). The van der Waals surface area contributed by atoms with Gasteiger partial charge in [0, 0.05) is 18.1 Å². The number of unbranched alkanes of at least 4 members (excludes halogenated alkanes) is 1. The predicted molar refractivity (Wildman–Crippen MR) is 229 cm³/mol. The topological polar surface area (TPSA) is 158 Å². The van der Waals surface area contributed by atoms with Crippen LogP contribution in [-0.4, -0.2) is 55.9 Å². The molecule has 0 radical (unpaired) electrons. The van der Waals surface area contributed by atoms with Gasteiger partial charge < -0.3 is 46.6 Å². The maximum absolute atomic E-state index is 5.83. The summed E-state index contributed by atoms with van der Waals surface area (Å²) in [7, 11) is 0. The van der Waals surface area contributed by atoms with Crippen LogP contribution >= 0.6 is 37.2 Å². The van der Waals surface area contributed by atoms with Gasteiger partial charge in [-0.15, -0.1) is 37.2 Å². The zero-order valence-electron chi connectivity index (χ0n) is 32.5. The van der Waals surface area contributed by atoms with E-state index in [1.54, 1.807) is 0 Å². The van der Waals surface area contributed by atoms with Crippen molar-refractivity contribution in [3.63, 3.8) is 0 Å². The van der Waals surface area contributed by atoms with Crippen LogP contribution in [0.3, 0.4) is 0 Å². The van der Waals surface area contributed by atoms with E-state index < -0.39 is 0 Å². The summed E-state index contributed by atoms with van der Waals surface area (Å²) in [4.78, 5) is 0. The highest BCUT2D eigenvalue weighted by Crippen LogP contribution is 2.36. The molecule has 3 atom stereocenters. The lowest BCUT2D eigenvalue weighted by atomic mass is 9.83. The van der Waals surface area contributed by atoms with Crippen molar-refractivity contribution < 1.29 is 30.6 Å². The van der Waals surface area contributed by atoms with Crippen LogP contribution in [0.4, 0.5) is 0 Å². The summed E-state index contributed by atoms with van der Waals surface area (Å²) in [5.41, 5.74) is 8.82. The third-order valence-corrected chi connectivity index (χ3v) is 10.8. The van der Waals surface area contributed by atoms with Crippen molar-refractivity contribution in [1.29, 1.82) is 0 Å². The summed E-state index contributed by atoms with van der Waals surface area (Å²) in [6.07, 6.45) is 13.2. The molecular formula is C42H68Cl3N3O6. The van der Waals surface area contributed by atoms with Crippen LogP contribution < -0.4 is 30.2 Å². The number of fused-ring (bicyclic) bond motifs is 3. The molecule has 0 amide bonds. The molecule has 54 heavy (non-hydrogen) atoms. The first kappa shape index (κ1) is 51.7. The van der Waals surface area contributed by atoms with Crippen molar-refractivity contribution in [3.05, 3.63) is 88.0 Å². The van der Waals surface area contributed by atoms with E-state index in [1.807, 2.05) is 0 Å². The molecule has 0 aromatic heterocycles. The van der Waals surface area contributed by atoms with E-state index in [-0.39, 0.29) is 53.6 Å². The molecule has 308 valence electrons. The third-order valence-electron chi connectivity index (χ3n) is 10.8. The highest BCUT2D eigenvalue weighted by molar-refractivity contribution is 5.86. The highest BCUT2D eigenvalue weighted by Gasteiger charge is 2.25. The van der Waals surface area contributed by atoms with E-state index >= 15 is 0 Å². The number of ether oxygens (including phenoxy) is 3. The van der Waals surface area contributed by atoms with Crippen molar-refractivity contribution in [2.75, 3.05) is 39.5 Å². The van der Waals surface area contributed by atoms with Gasteiger partial charge in [-0.05, 0) is 167 Å². The summed E-state index contributed by atoms with van der Waals surface area (Å²) in [5, 5.41) is 11.5. The first-order valence-corrected chi connectivity index (χ1v) is 19.1. The monoisotopic (exact) mass is 815 g/mol. The van der Waals surface area contributed by atoms with Gasteiger partial charge in [-0.3, -0.25) is 0 Å². The van der Waals surface area contributed by atoms with Gasteiger partial charge >= 0.3 is 0 Å². The van der Waals surface area contributed by atoms with Crippen LogP contribution in [0.2, 0.25) is 0 Å². The molecular weight excluding hydrogens is 749 g/mol. The van der Waals surface area contributed by atoms with E-state index in [1.165, 1.54) is 84.7 Å². The highest BCUT2D eigenvalue weighted by atomic mass is 35.5. The third kappa shape index (κ3) is 13.7. The summed E-state index contributed by atoms with van der Waals surface area (Å²) in [6.45, 7) is 11.5. The molecule has 12 heteroatoms. The second-order valence-electron chi connectivity index (χ2n) is 14.0. The van der Waals surface area contributed by atoms with Crippen molar-refractivity contribution in [1.82, 2.24) is 16.0 Å². The first-order chi connectivity index (χ1) is 23.6. The normalized spacial score (nSPS) is 18.4. The van der Waals surface area contributed by atoms with Crippen LogP contribution in [0.15, 0.2) is 54.6 Å². The number of hydrogen-bond donors (Lipinski definition) is 3. The van der Waals surface area contributed by atoms with Gasteiger partial charge in [0.2, 0.25) is 0 Å². The predicted octanol–water partition coefficient (Wildman–Crippen LogP) is 7.37. The Hall–Kier alpha value is -2.31. The SMILES string of the molecule is CCOc1ccc2c(c1)CCNC2CCCCC(CCC1NCCc2cc(OCC)ccc21)CCC1NCCc2cc(OCC)ccc21.Cl.Cl.Cl.O.O.O. The molecule has 0 saturated carbocycles. The van der Waals surface area contributed by atoms with Gasteiger partial charge in [0.25, 0.3) is 0 Å². The van der Waals surface area contributed by atoms with Gasteiger partial charge in [-0.2, -0.15) is 0 Å². The van der Waals surface area contributed by atoms with Crippen LogP contribution in [0.1, 0.15) is 124 Å². The molecule has 0 fully saturated rings. The second kappa shape index (κ2) is 26.5. The summed E-state index contributed by atoms with van der Waals surface area (Å²) in [5.74, 6) is 3.74. The van der Waals surface area contributed by atoms with Crippen LogP contribution in [0.25, 0.3) is 0 Å². The Morgan fingerprint density at radius 1 is 0.500 bits per heavy atom. The molecule has 3 heterocycles. The number of rotatable bonds is 17. The fourth-order valence-electron chi connectivity index (χ4n) is 8.45. The number of halogens is 3. The van der Waals surface area contributed by atoms with E-state index in [2.05, 4.69) is 91.3 Å². The summed E-state index contributed by atoms with van der Waals surface area (Å²) >= 11 is 0. The summed E-state index contributed by atoms with van der Waals surface area (Å²) in [6, 6.07) is 21.6. The van der Waals surface area contributed by atoms with Gasteiger partial charge in [-0.1, -0.05) is 37.5 Å². The maximum atomic E-state index is 5.83. The van der Waals surface area contributed by atoms with E-state index in [4.69, 9.17) is 14.2 Å². The van der Waals surface area contributed by atoms with Crippen LogP contribution in [-0.2, 0) is 19.3 Å². The zero-order chi connectivity index (χ0) is 33.1. The number of benzene rings is 3. The molecule has 3 aromatic carbocycles. The van der Waals surface area contributed by atoms with Crippen molar-refractivity contribution in [2.45, 2.75) is 110 Å². The lowest BCUT2D eigenvalue weighted by molar-refractivity contribution is 0.320. The fourth-order valence-corrected chi connectivity index (χ4v) is 8.45. The Morgan fingerprint density at radius 3 is 1.20 bits per heavy atom. The van der Waals surface area contributed by atoms with E-state index in [0.29, 0.717) is 31.3 Å².